The van der Waals surface area contributed by atoms with Crippen molar-refractivity contribution < 1.29 is 27.1 Å². The number of benzene rings is 1. The van der Waals surface area contributed by atoms with Crippen LogP contribution in [0.5, 0.6) is 0 Å². The van der Waals surface area contributed by atoms with Crippen LogP contribution in [0.1, 0.15) is 27.8 Å². The van der Waals surface area contributed by atoms with Gasteiger partial charge >= 0.3 is 6.18 Å². The number of carbonyl (C=O) groups is 1. The summed E-state index contributed by atoms with van der Waals surface area (Å²) < 4.78 is 55.4. The number of nitrogens with two attached hydrogens (primary N) is 1. The molecule has 17 heavy (non-hydrogen) atoms. The van der Waals surface area contributed by atoms with E-state index in [4.69, 9.17) is 5.73 Å². The molecule has 1 aromatic rings. The van der Waals surface area contributed by atoms with Crippen LogP contribution >= 0.6 is 0 Å². The molecule has 1 rings (SSSR count). The lowest BCUT2D eigenvalue weighted by Gasteiger charge is -2.17. The van der Waals surface area contributed by atoms with Crippen molar-refractivity contribution in [2.24, 2.45) is 5.73 Å². The first-order valence-electron chi connectivity index (χ1n) is 4.45. The van der Waals surface area contributed by atoms with Crippen LogP contribution in [0.4, 0.5) is 17.6 Å². The zero-order chi connectivity index (χ0) is 13.2. The van der Waals surface area contributed by atoms with Gasteiger partial charge in [-0.1, -0.05) is 6.07 Å². The molecule has 0 spiro atoms. The quantitative estimate of drug-likeness (QED) is 0.839. The lowest BCUT2D eigenvalue weighted by atomic mass is 10.00. The molecule has 1 amide bonds. The van der Waals surface area contributed by atoms with Gasteiger partial charge in [-0.2, -0.15) is 13.2 Å². The summed E-state index contributed by atoms with van der Waals surface area (Å²) in [4.78, 5) is 11.0. The van der Waals surface area contributed by atoms with Crippen molar-refractivity contribution in [2.45, 2.75) is 12.5 Å². The summed E-state index contributed by atoms with van der Waals surface area (Å²) >= 11 is 0. The molecule has 0 radical (unpaired) electrons. The Hall–Kier alpha value is -1.63. The van der Waals surface area contributed by atoms with Gasteiger partial charge in [-0.05, 0) is 12.1 Å². The molecule has 94 valence electrons. The first-order chi connectivity index (χ1) is 7.79. The van der Waals surface area contributed by atoms with Gasteiger partial charge in [0.1, 0.15) is 0 Å². The molecule has 0 aliphatic rings. The summed E-state index contributed by atoms with van der Waals surface area (Å²) in [5.74, 6) is -1.15. The number of hydrogen-bond acceptors (Lipinski definition) is 2. The Morgan fingerprint density at radius 2 is 2.00 bits per heavy atom. The molecule has 1 aromatic carbocycles. The highest BCUT2D eigenvalue weighted by molar-refractivity contribution is 5.94. The van der Waals surface area contributed by atoms with Crippen LogP contribution in [0.2, 0.25) is 0 Å². The topological polar surface area (TPSA) is 52.3 Å². The second-order valence-electron chi connectivity index (χ2n) is 3.18. The van der Waals surface area contributed by atoms with Gasteiger partial charge in [-0.3, -0.25) is 4.79 Å². The van der Waals surface area contributed by atoms with Crippen LogP contribution in [0.25, 0.3) is 0 Å². The fourth-order valence-electron chi connectivity index (χ4n) is 1.39. The van der Waals surface area contributed by atoms with Crippen molar-refractivity contribution in [1.82, 2.24) is 0 Å². The van der Waals surface area contributed by atoms with Crippen LogP contribution in [-0.2, 0) is 10.9 Å². The molecule has 0 aliphatic heterocycles. The number of ether oxygens (including phenoxy) is 1. The van der Waals surface area contributed by atoms with E-state index < -0.39 is 35.1 Å². The molecule has 0 aromatic heterocycles. The molecular weight excluding hydrogens is 242 g/mol. The number of alkyl halides is 4. The van der Waals surface area contributed by atoms with Gasteiger partial charge < -0.3 is 10.5 Å². The van der Waals surface area contributed by atoms with Crippen molar-refractivity contribution in [3.8, 4) is 0 Å². The highest BCUT2D eigenvalue weighted by atomic mass is 19.4. The second kappa shape index (κ2) is 4.70. The first-order valence-corrected chi connectivity index (χ1v) is 4.45. The van der Waals surface area contributed by atoms with E-state index in [1.807, 2.05) is 0 Å². The van der Waals surface area contributed by atoms with E-state index in [-0.39, 0.29) is 0 Å². The highest BCUT2D eigenvalue weighted by Gasteiger charge is 2.37. The van der Waals surface area contributed by atoms with E-state index in [0.717, 1.165) is 19.2 Å². The molecule has 7 heteroatoms. The first kappa shape index (κ1) is 13.4. The standard InChI is InChI=1S/C10H9F4NO2/c1-17-8(11)7-5(9(15)16)3-2-4-6(7)10(12,13)14/h2-4,8H,1H3,(H2,15,16). The average molecular weight is 251 g/mol. The number of carbonyl (C=O) groups excluding carboxylic acids is 1. The van der Waals surface area contributed by atoms with Crippen molar-refractivity contribution in [3.63, 3.8) is 0 Å². The molecule has 0 heterocycles. The van der Waals surface area contributed by atoms with E-state index in [1.165, 1.54) is 0 Å². The van der Waals surface area contributed by atoms with Crippen LogP contribution in [-0.4, -0.2) is 13.0 Å². The minimum Gasteiger partial charge on any atom is -0.366 e. The van der Waals surface area contributed by atoms with E-state index in [9.17, 15) is 22.4 Å². The number of rotatable bonds is 3. The molecule has 0 aliphatic carbocycles. The third kappa shape index (κ3) is 2.73. The van der Waals surface area contributed by atoms with Gasteiger partial charge in [0.05, 0.1) is 5.56 Å². The zero-order valence-corrected chi connectivity index (χ0v) is 8.72. The maximum absolute atomic E-state index is 13.3. The van der Waals surface area contributed by atoms with E-state index in [0.29, 0.717) is 6.07 Å². The smallest absolute Gasteiger partial charge is 0.366 e. The summed E-state index contributed by atoms with van der Waals surface area (Å²) in [6, 6.07) is 2.65. The number of methoxy groups -OCH3 is 1. The molecule has 1 atom stereocenters. The summed E-state index contributed by atoms with van der Waals surface area (Å²) in [5.41, 5.74) is 2.18. The third-order valence-corrected chi connectivity index (χ3v) is 2.11. The monoisotopic (exact) mass is 251 g/mol. The Labute approximate surface area is 94.2 Å². The van der Waals surface area contributed by atoms with Crippen LogP contribution < -0.4 is 5.73 Å². The number of primary amides is 1. The van der Waals surface area contributed by atoms with Gasteiger partial charge in [-0.25, -0.2) is 4.39 Å². The van der Waals surface area contributed by atoms with Crippen LogP contribution in [0.3, 0.4) is 0 Å². The van der Waals surface area contributed by atoms with Crippen LogP contribution in [0, 0.1) is 0 Å². The predicted molar refractivity (Wildman–Crippen MR) is 50.8 cm³/mol. The molecule has 0 saturated carbocycles. The molecule has 0 bridgehead atoms. The largest absolute Gasteiger partial charge is 0.416 e. The third-order valence-electron chi connectivity index (χ3n) is 2.11. The summed E-state index contributed by atoms with van der Waals surface area (Å²) in [7, 11) is 0.891. The fraction of sp³-hybridized carbons (Fsp3) is 0.300. The molecule has 2 N–H and O–H groups in total. The molecule has 0 fully saturated rings. The number of amides is 1. The van der Waals surface area contributed by atoms with E-state index >= 15 is 0 Å². The Morgan fingerprint density at radius 1 is 1.41 bits per heavy atom. The van der Waals surface area contributed by atoms with Gasteiger partial charge in [0.2, 0.25) is 12.3 Å². The van der Waals surface area contributed by atoms with Crippen molar-refractivity contribution in [3.05, 3.63) is 34.9 Å². The Kier molecular flexibility index (Phi) is 3.72. The average Bonchev–Trinajstić information content (AvgIpc) is 2.25. The lowest BCUT2D eigenvalue weighted by molar-refractivity contribution is -0.141. The Bertz CT molecular complexity index is 431. The molecule has 1 unspecified atom stereocenters. The zero-order valence-electron chi connectivity index (χ0n) is 8.72. The molecular formula is C10H9F4NO2. The van der Waals surface area contributed by atoms with Gasteiger partial charge in [0.15, 0.2) is 0 Å². The number of halogens is 4. The van der Waals surface area contributed by atoms with E-state index in [1.54, 1.807) is 0 Å². The van der Waals surface area contributed by atoms with Crippen molar-refractivity contribution >= 4 is 5.91 Å². The van der Waals surface area contributed by atoms with Crippen molar-refractivity contribution in [1.29, 1.82) is 0 Å². The predicted octanol–water partition coefficient (Wildman–Crippen LogP) is 2.42. The van der Waals surface area contributed by atoms with Gasteiger partial charge in [0, 0.05) is 18.2 Å². The Morgan fingerprint density at radius 3 is 2.41 bits per heavy atom. The number of hydrogen-bond donors (Lipinski definition) is 1. The van der Waals surface area contributed by atoms with Gasteiger partial charge in [-0.15, -0.1) is 0 Å². The summed E-state index contributed by atoms with van der Waals surface area (Å²) in [6.07, 6.45) is -7.15. The van der Waals surface area contributed by atoms with Gasteiger partial charge in [0.25, 0.3) is 0 Å². The fourth-order valence-corrected chi connectivity index (χ4v) is 1.39. The summed E-state index contributed by atoms with van der Waals surface area (Å²) in [5, 5.41) is 0. The molecule has 3 nitrogen and oxygen atoms in total. The molecule has 0 saturated heterocycles. The Balaban J connectivity index is 3.51. The van der Waals surface area contributed by atoms with Crippen LogP contribution in [0.15, 0.2) is 18.2 Å². The lowest BCUT2D eigenvalue weighted by Crippen LogP contribution is -2.20. The minimum absolute atomic E-state index is 0.547. The highest BCUT2D eigenvalue weighted by Crippen LogP contribution is 2.37. The summed E-state index contributed by atoms with van der Waals surface area (Å²) in [6.45, 7) is 0. The maximum atomic E-state index is 13.3. The minimum atomic E-state index is -4.79. The van der Waals surface area contributed by atoms with Crippen molar-refractivity contribution in [2.75, 3.05) is 7.11 Å². The SMILES string of the molecule is COC(F)c1c(C(N)=O)cccc1C(F)(F)F. The van der Waals surface area contributed by atoms with E-state index in [2.05, 4.69) is 4.74 Å². The maximum Gasteiger partial charge on any atom is 0.416 e. The second-order valence-corrected chi connectivity index (χ2v) is 3.18. The normalized spacial score (nSPS) is 13.5.